The number of nitrogens with one attached hydrogen (secondary N) is 1. The molecular weight excluding hydrogens is 430 g/mol. The number of carbonyl (C=O) groups is 4. The fourth-order valence-electron chi connectivity index (χ4n) is 3.69. The predicted molar refractivity (Wildman–Crippen MR) is 120 cm³/mol. The van der Waals surface area contributed by atoms with Crippen LogP contribution in [-0.2, 0) is 20.9 Å². The Kier molecular flexibility index (Phi) is 6.45. The van der Waals surface area contributed by atoms with E-state index in [2.05, 4.69) is 5.32 Å². The van der Waals surface area contributed by atoms with Gasteiger partial charge in [0.2, 0.25) is 11.8 Å². The summed E-state index contributed by atoms with van der Waals surface area (Å²) in [6.45, 7) is 2.41. The first-order valence-corrected chi connectivity index (χ1v) is 11.4. The lowest BCUT2D eigenvalue weighted by atomic mass is 10.1. The molecule has 1 atom stereocenters. The monoisotopic (exact) mass is 453 g/mol. The van der Waals surface area contributed by atoms with Crippen molar-refractivity contribution < 1.29 is 23.9 Å². The molecule has 2 aliphatic heterocycles. The number of anilines is 1. The van der Waals surface area contributed by atoms with E-state index in [-0.39, 0.29) is 36.9 Å². The summed E-state index contributed by atoms with van der Waals surface area (Å²) in [4.78, 5) is 52.6. The average molecular weight is 454 g/mol. The first-order valence-electron chi connectivity index (χ1n) is 10.3. The SMILES string of the molecule is CCOC(=O)c1cccc(NC(=O)c2ccc(CN3CC(=O)N4CSC[C@H]4C3=O)cc2)c1. The molecule has 0 bridgehead atoms. The fourth-order valence-corrected chi connectivity index (χ4v) is 4.86. The fraction of sp³-hybridized carbons (Fsp3) is 0.304. The van der Waals surface area contributed by atoms with Gasteiger partial charge in [-0.1, -0.05) is 18.2 Å². The lowest BCUT2D eigenvalue weighted by Crippen LogP contribution is -2.57. The molecular formula is C23H23N3O5S. The van der Waals surface area contributed by atoms with Crippen LogP contribution < -0.4 is 5.32 Å². The number of rotatable bonds is 6. The van der Waals surface area contributed by atoms with Gasteiger partial charge in [0.15, 0.2) is 0 Å². The molecule has 2 aromatic rings. The standard InChI is InChI=1S/C23H23N3O5S/c1-2-31-23(30)17-4-3-5-18(10-17)24-21(28)16-8-6-15(7-9-16)11-25-12-20(27)26-14-32-13-19(26)22(25)29/h3-10,19H,2,11-14H2,1H3,(H,24,28)/t19-/m0/s1. The van der Waals surface area contributed by atoms with E-state index in [4.69, 9.17) is 4.74 Å². The summed E-state index contributed by atoms with van der Waals surface area (Å²) in [5, 5.41) is 2.77. The van der Waals surface area contributed by atoms with E-state index in [1.54, 1.807) is 77.0 Å². The minimum Gasteiger partial charge on any atom is -0.462 e. The van der Waals surface area contributed by atoms with E-state index in [9.17, 15) is 19.2 Å². The van der Waals surface area contributed by atoms with Crippen LogP contribution in [-0.4, -0.2) is 64.3 Å². The Labute approximate surface area is 189 Å². The maximum absolute atomic E-state index is 12.7. The van der Waals surface area contributed by atoms with Crippen LogP contribution >= 0.6 is 11.8 Å². The van der Waals surface area contributed by atoms with Gasteiger partial charge in [0.25, 0.3) is 5.91 Å². The van der Waals surface area contributed by atoms with Crippen LogP contribution in [0, 0.1) is 0 Å². The van der Waals surface area contributed by atoms with Crippen LogP contribution in [0.5, 0.6) is 0 Å². The third-order valence-corrected chi connectivity index (χ3v) is 6.36. The lowest BCUT2D eigenvalue weighted by molar-refractivity contribution is -0.153. The number of fused-ring (bicyclic) bond motifs is 1. The molecule has 0 radical (unpaired) electrons. The number of ether oxygens (including phenoxy) is 1. The minimum absolute atomic E-state index is 0.0272. The van der Waals surface area contributed by atoms with Crippen LogP contribution in [0.2, 0.25) is 0 Å². The third-order valence-electron chi connectivity index (χ3n) is 5.35. The second-order valence-electron chi connectivity index (χ2n) is 7.53. The highest BCUT2D eigenvalue weighted by atomic mass is 32.2. The predicted octanol–water partition coefficient (Wildman–Crippen LogP) is 2.36. The van der Waals surface area contributed by atoms with Crippen molar-refractivity contribution in [1.29, 1.82) is 0 Å². The summed E-state index contributed by atoms with van der Waals surface area (Å²) >= 11 is 1.59. The number of carbonyl (C=O) groups excluding carboxylic acids is 4. The largest absolute Gasteiger partial charge is 0.462 e. The first kappa shape index (κ1) is 21.9. The zero-order valence-corrected chi connectivity index (χ0v) is 18.4. The van der Waals surface area contributed by atoms with Gasteiger partial charge in [-0.15, -0.1) is 11.8 Å². The normalized spacial score (nSPS) is 17.8. The highest BCUT2D eigenvalue weighted by Gasteiger charge is 2.42. The Morgan fingerprint density at radius 1 is 1.12 bits per heavy atom. The molecule has 1 N–H and O–H groups in total. The molecule has 2 heterocycles. The van der Waals surface area contributed by atoms with Gasteiger partial charge in [0.05, 0.1) is 18.0 Å². The highest BCUT2D eigenvalue weighted by molar-refractivity contribution is 7.99. The average Bonchev–Trinajstić information content (AvgIpc) is 3.29. The number of piperazine rings is 1. The molecule has 0 saturated carbocycles. The van der Waals surface area contributed by atoms with Gasteiger partial charge in [-0.2, -0.15) is 0 Å². The van der Waals surface area contributed by atoms with E-state index in [0.29, 0.717) is 35.0 Å². The molecule has 8 nitrogen and oxygen atoms in total. The quantitative estimate of drug-likeness (QED) is 0.675. The Balaban J connectivity index is 1.39. The van der Waals surface area contributed by atoms with Crippen molar-refractivity contribution in [2.24, 2.45) is 0 Å². The number of nitrogens with zero attached hydrogens (tertiary/aromatic N) is 2. The molecule has 2 aliphatic rings. The second-order valence-corrected chi connectivity index (χ2v) is 8.53. The molecule has 2 saturated heterocycles. The van der Waals surface area contributed by atoms with Gasteiger partial charge in [0.1, 0.15) is 12.6 Å². The molecule has 9 heteroatoms. The zero-order chi connectivity index (χ0) is 22.7. The second kappa shape index (κ2) is 9.44. The first-order chi connectivity index (χ1) is 15.5. The zero-order valence-electron chi connectivity index (χ0n) is 17.6. The van der Waals surface area contributed by atoms with E-state index >= 15 is 0 Å². The molecule has 3 amide bonds. The van der Waals surface area contributed by atoms with Crippen molar-refractivity contribution in [3.8, 4) is 0 Å². The van der Waals surface area contributed by atoms with E-state index in [0.717, 1.165) is 5.56 Å². The van der Waals surface area contributed by atoms with Crippen molar-refractivity contribution in [2.75, 3.05) is 30.1 Å². The van der Waals surface area contributed by atoms with Crippen LogP contribution in [0.1, 0.15) is 33.2 Å². The number of esters is 1. The van der Waals surface area contributed by atoms with E-state index in [1.165, 1.54) is 0 Å². The molecule has 4 rings (SSSR count). The van der Waals surface area contributed by atoms with Gasteiger partial charge in [-0.25, -0.2) is 4.79 Å². The van der Waals surface area contributed by atoms with E-state index < -0.39 is 5.97 Å². The summed E-state index contributed by atoms with van der Waals surface area (Å²) in [6, 6.07) is 13.1. The molecule has 0 aliphatic carbocycles. The van der Waals surface area contributed by atoms with Gasteiger partial charge in [-0.05, 0) is 42.8 Å². The van der Waals surface area contributed by atoms with Crippen LogP contribution in [0.25, 0.3) is 0 Å². The molecule has 0 aromatic heterocycles. The molecule has 0 spiro atoms. The van der Waals surface area contributed by atoms with E-state index in [1.807, 2.05) is 0 Å². The Morgan fingerprint density at radius 3 is 2.66 bits per heavy atom. The van der Waals surface area contributed by atoms with Gasteiger partial charge < -0.3 is 19.9 Å². The maximum atomic E-state index is 12.7. The van der Waals surface area contributed by atoms with Crippen LogP contribution in [0.3, 0.4) is 0 Å². The van der Waals surface area contributed by atoms with Crippen molar-refractivity contribution in [1.82, 2.24) is 9.80 Å². The summed E-state index contributed by atoms with van der Waals surface area (Å²) in [5.74, 6) is 0.393. The lowest BCUT2D eigenvalue weighted by Gasteiger charge is -2.35. The Morgan fingerprint density at radius 2 is 1.91 bits per heavy atom. The summed E-state index contributed by atoms with van der Waals surface area (Å²) in [6.07, 6.45) is 0. The number of thioether (sulfide) groups is 1. The maximum Gasteiger partial charge on any atom is 0.338 e. The van der Waals surface area contributed by atoms with Crippen molar-refractivity contribution in [3.63, 3.8) is 0 Å². The van der Waals surface area contributed by atoms with Crippen molar-refractivity contribution in [3.05, 3.63) is 65.2 Å². The van der Waals surface area contributed by atoms with Gasteiger partial charge in [0, 0.05) is 23.5 Å². The number of hydrogen-bond donors (Lipinski definition) is 1. The van der Waals surface area contributed by atoms with Crippen LogP contribution in [0.15, 0.2) is 48.5 Å². The summed E-state index contributed by atoms with van der Waals surface area (Å²) in [5.41, 5.74) is 2.13. The number of amides is 3. The van der Waals surface area contributed by atoms with Crippen molar-refractivity contribution in [2.45, 2.75) is 19.5 Å². The van der Waals surface area contributed by atoms with Crippen LogP contribution in [0.4, 0.5) is 5.69 Å². The summed E-state index contributed by atoms with van der Waals surface area (Å²) in [7, 11) is 0. The molecule has 2 aromatic carbocycles. The molecule has 0 unspecified atom stereocenters. The Bertz CT molecular complexity index is 1060. The minimum atomic E-state index is -0.446. The third kappa shape index (κ3) is 4.62. The smallest absolute Gasteiger partial charge is 0.338 e. The molecule has 166 valence electrons. The number of benzene rings is 2. The van der Waals surface area contributed by atoms with Gasteiger partial charge >= 0.3 is 5.97 Å². The molecule has 2 fully saturated rings. The number of hydrogen-bond acceptors (Lipinski definition) is 6. The molecule has 32 heavy (non-hydrogen) atoms. The summed E-state index contributed by atoms with van der Waals surface area (Å²) < 4.78 is 4.98. The van der Waals surface area contributed by atoms with Gasteiger partial charge in [-0.3, -0.25) is 14.4 Å². The van der Waals surface area contributed by atoms with Crippen molar-refractivity contribution >= 4 is 41.1 Å². The Hall–Kier alpha value is -3.33. The topological polar surface area (TPSA) is 96.0 Å². The highest BCUT2D eigenvalue weighted by Crippen LogP contribution is 2.26.